The van der Waals surface area contributed by atoms with E-state index in [-0.39, 0.29) is 5.75 Å². The van der Waals surface area contributed by atoms with E-state index >= 15 is 0 Å². The molecule has 0 spiro atoms. The van der Waals surface area contributed by atoms with Crippen LogP contribution in [0.3, 0.4) is 0 Å². The first-order valence-electron chi connectivity index (χ1n) is 5.76. The maximum atomic E-state index is 12.1. The molecule has 20 heavy (non-hydrogen) atoms. The van der Waals surface area contributed by atoms with Crippen molar-refractivity contribution < 1.29 is 17.9 Å². The molecule has 0 aliphatic heterocycles. The Hall–Kier alpha value is -1.43. The average Bonchev–Trinajstić information content (AvgIpc) is 2.33. The maximum absolute atomic E-state index is 12.1. The van der Waals surface area contributed by atoms with Gasteiger partial charge in [0, 0.05) is 23.8 Å². The zero-order valence-corrected chi connectivity index (χ0v) is 12.8. The maximum Gasteiger partial charge on any atom is 0.573 e. The number of halogens is 4. The van der Waals surface area contributed by atoms with Gasteiger partial charge in [-0.1, -0.05) is 22.5 Å². The van der Waals surface area contributed by atoms with E-state index in [1.165, 1.54) is 12.1 Å². The zero-order chi connectivity index (χ0) is 15.3. The van der Waals surface area contributed by atoms with Gasteiger partial charge in [0.05, 0.1) is 0 Å². The van der Waals surface area contributed by atoms with Gasteiger partial charge in [-0.25, -0.2) is 0 Å². The van der Waals surface area contributed by atoms with Crippen LogP contribution in [-0.4, -0.2) is 18.7 Å². The van der Waals surface area contributed by atoms with Crippen LogP contribution in [0.15, 0.2) is 48.2 Å². The van der Waals surface area contributed by atoms with Gasteiger partial charge in [-0.3, -0.25) is 0 Å². The summed E-state index contributed by atoms with van der Waals surface area (Å²) < 4.78 is 40.1. The fourth-order valence-corrected chi connectivity index (χ4v) is 1.99. The number of allylic oxidation sites excluding steroid dienone is 2. The Bertz CT molecular complexity index is 494. The molecule has 0 heterocycles. The minimum absolute atomic E-state index is 0.240. The van der Waals surface area contributed by atoms with Gasteiger partial charge in [-0.2, -0.15) is 0 Å². The average molecular weight is 350 g/mol. The topological polar surface area (TPSA) is 12.5 Å². The van der Waals surface area contributed by atoms with Crippen molar-refractivity contribution in [3.8, 4) is 5.75 Å². The molecule has 0 aromatic heterocycles. The molecule has 6 heteroatoms. The first-order chi connectivity index (χ1) is 9.24. The predicted octanol–water partition coefficient (Wildman–Crippen LogP) is 4.88. The number of hydrogen-bond donors (Lipinski definition) is 0. The highest BCUT2D eigenvalue weighted by molar-refractivity contribution is 9.09. The molecule has 0 saturated heterocycles. The van der Waals surface area contributed by atoms with Crippen LogP contribution in [0, 0.1) is 0 Å². The van der Waals surface area contributed by atoms with Crippen molar-refractivity contribution in [2.24, 2.45) is 0 Å². The summed E-state index contributed by atoms with van der Waals surface area (Å²) in [6, 6.07) is 5.69. The van der Waals surface area contributed by atoms with Crippen molar-refractivity contribution in [2.45, 2.75) is 13.3 Å². The molecule has 0 aliphatic rings. The van der Waals surface area contributed by atoms with Gasteiger partial charge in [0.2, 0.25) is 0 Å². The van der Waals surface area contributed by atoms with Crippen molar-refractivity contribution in [2.75, 3.05) is 17.3 Å². The molecule has 1 aromatic carbocycles. The Morgan fingerprint density at radius 2 is 1.90 bits per heavy atom. The van der Waals surface area contributed by atoms with E-state index in [1.807, 2.05) is 24.9 Å². The van der Waals surface area contributed by atoms with Crippen LogP contribution >= 0.6 is 15.9 Å². The minimum Gasteiger partial charge on any atom is -0.406 e. The lowest BCUT2D eigenvalue weighted by Gasteiger charge is -2.23. The summed E-state index contributed by atoms with van der Waals surface area (Å²) in [4.78, 5) is 1.85. The number of benzene rings is 1. The number of nitrogens with zero attached hydrogens (tertiary/aromatic N) is 1. The number of hydrogen-bond acceptors (Lipinski definition) is 2. The number of ether oxygens (including phenoxy) is 1. The van der Waals surface area contributed by atoms with Gasteiger partial charge in [-0.15, -0.1) is 13.2 Å². The van der Waals surface area contributed by atoms with Crippen LogP contribution in [0.5, 0.6) is 5.75 Å². The molecular weight excluding hydrogens is 335 g/mol. The third-order valence-electron chi connectivity index (χ3n) is 2.53. The van der Waals surface area contributed by atoms with Crippen LogP contribution in [0.2, 0.25) is 0 Å². The number of likely N-dealkylation sites (N-methyl/N-ethyl adjacent to an activating group) is 1. The van der Waals surface area contributed by atoms with Crippen molar-refractivity contribution in [1.29, 1.82) is 0 Å². The van der Waals surface area contributed by atoms with E-state index in [0.717, 1.165) is 17.0 Å². The largest absolute Gasteiger partial charge is 0.573 e. The second-order valence-electron chi connectivity index (χ2n) is 4.12. The van der Waals surface area contributed by atoms with Crippen molar-refractivity contribution in [1.82, 2.24) is 0 Å². The van der Waals surface area contributed by atoms with Gasteiger partial charge in [0.15, 0.2) is 0 Å². The molecule has 0 fully saturated rings. The summed E-state index contributed by atoms with van der Waals surface area (Å²) in [7, 11) is 1.82. The minimum atomic E-state index is -4.67. The Morgan fingerprint density at radius 1 is 1.35 bits per heavy atom. The lowest BCUT2D eigenvalue weighted by molar-refractivity contribution is -0.274. The molecule has 110 valence electrons. The molecule has 0 N–H and O–H groups in total. The molecule has 0 aliphatic carbocycles. The third-order valence-corrected chi connectivity index (χ3v) is 2.85. The van der Waals surface area contributed by atoms with Crippen molar-refractivity contribution in [3.63, 3.8) is 0 Å². The molecule has 0 atom stereocenters. The highest BCUT2D eigenvalue weighted by Crippen LogP contribution is 2.27. The molecule has 0 bridgehead atoms. The lowest BCUT2D eigenvalue weighted by atomic mass is 10.2. The zero-order valence-electron chi connectivity index (χ0n) is 11.2. The molecule has 1 aromatic rings. The molecule has 1 rings (SSSR count). The van der Waals surface area contributed by atoms with E-state index in [0.29, 0.717) is 5.33 Å². The second kappa shape index (κ2) is 6.83. The van der Waals surface area contributed by atoms with Crippen molar-refractivity contribution in [3.05, 3.63) is 48.2 Å². The standard InChI is InChI=1S/C14H15BrF3NO/c1-10(2)13(8-9-15)19(3)11-4-6-12(7-5-11)20-14(16,17)18/h4-8H,1,9H2,2-3H3/b13-8-. The fourth-order valence-electron chi connectivity index (χ4n) is 1.68. The smallest absolute Gasteiger partial charge is 0.406 e. The first-order valence-corrected chi connectivity index (χ1v) is 6.88. The van der Waals surface area contributed by atoms with Crippen LogP contribution in [0.25, 0.3) is 0 Å². The van der Waals surface area contributed by atoms with Gasteiger partial charge in [-0.05, 0) is 42.8 Å². The Morgan fingerprint density at radius 3 is 2.30 bits per heavy atom. The van der Waals surface area contributed by atoms with Gasteiger partial charge in [0.1, 0.15) is 5.75 Å². The summed E-state index contributed by atoms with van der Waals surface area (Å²) in [5, 5.41) is 0.662. The Labute approximate surface area is 124 Å². The summed E-state index contributed by atoms with van der Waals surface area (Å²) in [6.07, 6.45) is -2.74. The van der Waals surface area contributed by atoms with Crippen molar-refractivity contribution >= 4 is 21.6 Å². The highest BCUT2D eigenvalue weighted by Gasteiger charge is 2.31. The van der Waals surface area contributed by atoms with Crippen LogP contribution < -0.4 is 9.64 Å². The van der Waals surface area contributed by atoms with E-state index in [2.05, 4.69) is 27.2 Å². The fraction of sp³-hybridized carbons (Fsp3) is 0.286. The van der Waals surface area contributed by atoms with E-state index < -0.39 is 6.36 Å². The molecule has 0 amide bonds. The lowest BCUT2D eigenvalue weighted by Crippen LogP contribution is -2.18. The van der Waals surface area contributed by atoms with Crippen LogP contribution in [-0.2, 0) is 0 Å². The summed E-state index contributed by atoms with van der Waals surface area (Å²) in [6.45, 7) is 5.75. The van der Waals surface area contributed by atoms with E-state index in [1.54, 1.807) is 12.1 Å². The number of alkyl halides is 4. The molecule has 2 nitrogen and oxygen atoms in total. The molecular formula is C14H15BrF3NO. The van der Waals surface area contributed by atoms with Crippen LogP contribution in [0.1, 0.15) is 6.92 Å². The van der Waals surface area contributed by atoms with Gasteiger partial charge >= 0.3 is 6.36 Å². The Balaban J connectivity index is 2.92. The molecule has 0 unspecified atom stereocenters. The van der Waals surface area contributed by atoms with E-state index in [4.69, 9.17) is 0 Å². The summed E-state index contributed by atoms with van der Waals surface area (Å²) in [5.74, 6) is -0.240. The predicted molar refractivity (Wildman–Crippen MR) is 78.2 cm³/mol. The summed E-state index contributed by atoms with van der Waals surface area (Å²) in [5.41, 5.74) is 2.50. The molecule has 0 saturated carbocycles. The second-order valence-corrected chi connectivity index (χ2v) is 4.77. The van der Waals surface area contributed by atoms with Gasteiger partial charge < -0.3 is 9.64 Å². The van der Waals surface area contributed by atoms with E-state index in [9.17, 15) is 13.2 Å². The number of anilines is 1. The highest BCUT2D eigenvalue weighted by atomic mass is 79.9. The quantitative estimate of drug-likeness (QED) is 0.555. The molecule has 0 radical (unpaired) electrons. The number of rotatable bonds is 5. The summed E-state index contributed by atoms with van der Waals surface area (Å²) >= 11 is 3.31. The van der Waals surface area contributed by atoms with Crippen LogP contribution in [0.4, 0.5) is 18.9 Å². The third kappa shape index (κ3) is 4.92. The first kappa shape index (κ1) is 16.6. The van der Waals surface area contributed by atoms with Gasteiger partial charge in [0.25, 0.3) is 0 Å². The normalized spacial score (nSPS) is 12.2. The monoisotopic (exact) mass is 349 g/mol. The SMILES string of the molecule is C=C(C)/C(=C/CBr)N(C)c1ccc(OC(F)(F)F)cc1. The Kier molecular flexibility index (Phi) is 5.68.